The second-order valence-electron chi connectivity index (χ2n) is 5.80. The molecular weight excluding hydrogens is 483 g/mol. The van der Waals surface area contributed by atoms with Crippen LogP contribution in [0.5, 0.6) is 0 Å². The number of sulfonamides is 1. The van der Waals surface area contributed by atoms with Crippen LogP contribution in [0.2, 0.25) is 10.0 Å². The van der Waals surface area contributed by atoms with Crippen LogP contribution in [0.15, 0.2) is 33.8 Å². The fraction of sp³-hybridized carbons (Fsp3) is 0.200. The van der Waals surface area contributed by atoms with Gasteiger partial charge in [0.25, 0.3) is 11.8 Å². The summed E-state index contributed by atoms with van der Waals surface area (Å²) < 4.78 is 27.9. The smallest absolute Gasteiger partial charge is 0.286 e. The Morgan fingerprint density at radius 3 is 2.33 bits per heavy atom. The second-order valence-corrected chi connectivity index (χ2v) is 9.21. The highest BCUT2D eigenvalue weighted by atomic mass is 79.9. The molecule has 27 heavy (non-hydrogen) atoms. The maximum absolute atomic E-state index is 12.4. The van der Waals surface area contributed by atoms with Crippen LogP contribution in [0.25, 0.3) is 0 Å². The summed E-state index contributed by atoms with van der Waals surface area (Å²) in [6, 6.07) is 3.63. The molecule has 0 spiro atoms. The molecule has 0 saturated heterocycles. The number of carbonyl (C=O) groups excluding carboxylic acids is 2. The summed E-state index contributed by atoms with van der Waals surface area (Å²) in [4.78, 5) is 26.7. The zero-order valence-corrected chi connectivity index (χ0v) is 17.4. The third kappa shape index (κ3) is 4.82. The highest BCUT2D eigenvalue weighted by Crippen LogP contribution is 2.30. The van der Waals surface area contributed by atoms with Crippen LogP contribution in [0, 0.1) is 0 Å². The predicted molar refractivity (Wildman–Crippen MR) is 103 cm³/mol. The van der Waals surface area contributed by atoms with Gasteiger partial charge in [0.2, 0.25) is 10.0 Å². The first kappa shape index (κ1) is 20.2. The summed E-state index contributed by atoms with van der Waals surface area (Å²) in [6.45, 7) is 0. The molecule has 0 aliphatic heterocycles. The molecule has 12 heteroatoms. The van der Waals surface area contributed by atoms with Gasteiger partial charge in [0.1, 0.15) is 10.6 Å². The van der Waals surface area contributed by atoms with Gasteiger partial charge in [-0.25, -0.2) is 13.1 Å². The molecule has 0 bridgehead atoms. The Morgan fingerprint density at radius 2 is 1.74 bits per heavy atom. The van der Waals surface area contributed by atoms with Crippen LogP contribution in [-0.4, -0.2) is 31.3 Å². The average molecular weight is 496 g/mol. The summed E-state index contributed by atoms with van der Waals surface area (Å²) in [5.74, 6) is -1.39. The summed E-state index contributed by atoms with van der Waals surface area (Å²) in [5, 5.41) is -0.162. The first-order valence-electron chi connectivity index (χ1n) is 7.63. The van der Waals surface area contributed by atoms with Crippen LogP contribution in [0.4, 0.5) is 0 Å². The largest absolute Gasteiger partial charge is 0.356 e. The number of aromatic nitrogens is 1. The van der Waals surface area contributed by atoms with Gasteiger partial charge in [-0.2, -0.15) is 0 Å². The fourth-order valence-electron chi connectivity index (χ4n) is 2.14. The molecule has 1 aliphatic rings. The monoisotopic (exact) mass is 494 g/mol. The van der Waals surface area contributed by atoms with Gasteiger partial charge in [-0.3, -0.25) is 20.4 Å². The van der Waals surface area contributed by atoms with Crippen molar-refractivity contribution in [3.05, 3.63) is 50.2 Å². The Hall–Kier alpha value is -1.59. The van der Waals surface area contributed by atoms with Gasteiger partial charge in [-0.15, -0.1) is 0 Å². The first-order valence-corrected chi connectivity index (χ1v) is 10.7. The van der Waals surface area contributed by atoms with Crippen LogP contribution in [0.3, 0.4) is 0 Å². The molecule has 1 aromatic heterocycles. The normalized spacial score (nSPS) is 14.0. The number of hydrazine groups is 1. The molecule has 3 rings (SSSR count). The Labute approximate surface area is 173 Å². The Bertz CT molecular complexity index is 1020. The van der Waals surface area contributed by atoms with Crippen LogP contribution >= 0.6 is 39.1 Å². The van der Waals surface area contributed by atoms with E-state index in [0.717, 1.165) is 18.9 Å². The number of hydrogen-bond acceptors (Lipinski definition) is 4. The van der Waals surface area contributed by atoms with Crippen LogP contribution in [-0.2, 0) is 10.0 Å². The number of rotatable bonds is 5. The van der Waals surface area contributed by atoms with E-state index in [0.29, 0.717) is 4.47 Å². The molecule has 0 unspecified atom stereocenters. The van der Waals surface area contributed by atoms with Crippen molar-refractivity contribution in [2.75, 3.05) is 0 Å². The minimum Gasteiger partial charge on any atom is -0.356 e. The highest BCUT2D eigenvalue weighted by molar-refractivity contribution is 9.10. The minimum absolute atomic E-state index is 0.0558. The van der Waals surface area contributed by atoms with E-state index in [-0.39, 0.29) is 32.2 Å². The molecule has 1 saturated carbocycles. The molecule has 144 valence electrons. The Kier molecular flexibility index (Phi) is 5.82. The van der Waals surface area contributed by atoms with Gasteiger partial charge in [0.05, 0.1) is 15.6 Å². The lowest BCUT2D eigenvalue weighted by molar-refractivity contribution is 0.0844. The highest BCUT2D eigenvalue weighted by Gasteiger charge is 2.30. The quantitative estimate of drug-likeness (QED) is 0.476. The summed E-state index contributed by atoms with van der Waals surface area (Å²) in [6.07, 6.45) is 3.05. The van der Waals surface area contributed by atoms with Gasteiger partial charge >= 0.3 is 0 Å². The van der Waals surface area contributed by atoms with Crippen LogP contribution < -0.4 is 15.6 Å². The number of aromatic amines is 1. The lowest BCUT2D eigenvalue weighted by Crippen LogP contribution is -2.42. The number of H-pyrrole nitrogens is 1. The van der Waals surface area contributed by atoms with Gasteiger partial charge in [-0.1, -0.05) is 23.2 Å². The molecule has 1 aromatic carbocycles. The van der Waals surface area contributed by atoms with Crippen molar-refractivity contribution >= 4 is 61.0 Å². The van der Waals surface area contributed by atoms with Gasteiger partial charge in [-0.05, 0) is 47.0 Å². The van der Waals surface area contributed by atoms with Gasteiger partial charge in [0, 0.05) is 16.7 Å². The summed E-state index contributed by atoms with van der Waals surface area (Å²) in [7, 11) is -3.89. The van der Waals surface area contributed by atoms with E-state index >= 15 is 0 Å². The minimum atomic E-state index is -3.89. The zero-order valence-electron chi connectivity index (χ0n) is 13.5. The maximum Gasteiger partial charge on any atom is 0.286 e. The van der Waals surface area contributed by atoms with E-state index < -0.39 is 21.8 Å². The SMILES string of the molecule is O=C(NNC(=O)c1cc(S(=O)(=O)NC2CC2)c(Cl)cc1Cl)c1cc(Br)c[nH]1. The lowest BCUT2D eigenvalue weighted by atomic mass is 10.2. The molecule has 1 heterocycles. The zero-order chi connectivity index (χ0) is 19.8. The van der Waals surface area contributed by atoms with Crippen molar-refractivity contribution < 1.29 is 18.0 Å². The molecule has 8 nitrogen and oxygen atoms in total. The number of amides is 2. The number of nitrogens with one attached hydrogen (secondary N) is 4. The lowest BCUT2D eigenvalue weighted by Gasteiger charge is -2.12. The molecule has 0 radical (unpaired) electrons. The number of benzene rings is 1. The second kappa shape index (κ2) is 7.80. The fourth-order valence-corrected chi connectivity index (χ4v) is 4.65. The number of carbonyl (C=O) groups is 2. The van der Waals surface area contributed by atoms with E-state index in [1.165, 1.54) is 12.1 Å². The molecule has 2 aromatic rings. The summed E-state index contributed by atoms with van der Waals surface area (Å²) in [5.41, 5.74) is 4.45. The van der Waals surface area contributed by atoms with E-state index in [2.05, 4.69) is 36.5 Å². The molecule has 1 fully saturated rings. The van der Waals surface area contributed by atoms with E-state index in [9.17, 15) is 18.0 Å². The molecule has 4 N–H and O–H groups in total. The molecule has 1 aliphatic carbocycles. The maximum atomic E-state index is 12.4. The number of halogens is 3. The van der Waals surface area contributed by atoms with Gasteiger partial charge in [0.15, 0.2) is 0 Å². The molecule has 0 atom stereocenters. The van der Waals surface area contributed by atoms with Crippen molar-refractivity contribution in [1.82, 2.24) is 20.6 Å². The Morgan fingerprint density at radius 1 is 1.07 bits per heavy atom. The van der Waals surface area contributed by atoms with Crippen molar-refractivity contribution in [2.24, 2.45) is 0 Å². The molecular formula is C15H13BrCl2N4O4S. The van der Waals surface area contributed by atoms with Crippen molar-refractivity contribution in [2.45, 2.75) is 23.8 Å². The van der Waals surface area contributed by atoms with Crippen molar-refractivity contribution in [1.29, 1.82) is 0 Å². The predicted octanol–water partition coefficient (Wildman–Crippen LogP) is 2.60. The van der Waals surface area contributed by atoms with Crippen molar-refractivity contribution in [3.63, 3.8) is 0 Å². The van der Waals surface area contributed by atoms with E-state index in [1.807, 2.05) is 0 Å². The third-order valence-electron chi connectivity index (χ3n) is 3.64. The Balaban J connectivity index is 1.77. The summed E-state index contributed by atoms with van der Waals surface area (Å²) >= 11 is 15.2. The van der Waals surface area contributed by atoms with Gasteiger partial charge < -0.3 is 4.98 Å². The number of hydrogen-bond donors (Lipinski definition) is 4. The first-order chi connectivity index (χ1) is 12.7. The van der Waals surface area contributed by atoms with Crippen LogP contribution in [0.1, 0.15) is 33.7 Å². The standard InChI is InChI=1S/C15H13BrCl2N4O4S/c16-7-3-12(19-6-7)15(24)21-20-14(23)9-4-13(11(18)5-10(9)17)27(25,26)22-8-1-2-8/h3-6,8,19,22H,1-2H2,(H,20,23)(H,21,24). The van der Waals surface area contributed by atoms with E-state index in [1.54, 1.807) is 6.20 Å². The van der Waals surface area contributed by atoms with Crippen molar-refractivity contribution in [3.8, 4) is 0 Å². The average Bonchev–Trinajstić information content (AvgIpc) is 3.28. The third-order valence-corrected chi connectivity index (χ3v) is 6.39. The van der Waals surface area contributed by atoms with E-state index in [4.69, 9.17) is 23.2 Å². The molecule has 2 amide bonds. The topological polar surface area (TPSA) is 120 Å².